The van der Waals surface area contributed by atoms with Gasteiger partial charge in [0.15, 0.2) is 0 Å². The number of nitrogens with one attached hydrogen (secondary N) is 1. The second kappa shape index (κ2) is 5.14. The molecule has 0 aliphatic carbocycles. The lowest BCUT2D eigenvalue weighted by atomic mass is 10.1. The maximum Gasteiger partial charge on any atom is 0.236 e. The molecule has 1 aromatic rings. The van der Waals surface area contributed by atoms with E-state index in [4.69, 9.17) is 4.74 Å². The predicted octanol–water partition coefficient (Wildman–Crippen LogP) is 1.47. The number of hydrogen-bond donors (Lipinski definition) is 1. The number of aryl methyl sites for hydroxylation is 1. The molecule has 15 heavy (non-hydrogen) atoms. The molecule has 4 heteroatoms. The third kappa shape index (κ3) is 3.42. The van der Waals surface area contributed by atoms with E-state index in [-0.39, 0.29) is 5.91 Å². The molecule has 0 fully saturated rings. The summed E-state index contributed by atoms with van der Waals surface area (Å²) in [4.78, 5) is 10.6. The zero-order valence-corrected chi connectivity index (χ0v) is 9.07. The number of hydrogen-bond acceptors (Lipinski definition) is 3. The van der Waals surface area contributed by atoms with Gasteiger partial charge in [0.1, 0.15) is 5.75 Å². The summed E-state index contributed by atoms with van der Waals surface area (Å²) in [5.41, 5.74) is 4.29. The third-order valence-corrected chi connectivity index (χ3v) is 1.85. The molecule has 0 bridgehead atoms. The Bertz CT molecular complexity index is 386. The summed E-state index contributed by atoms with van der Waals surface area (Å²) in [7, 11) is 1.63. The molecule has 80 valence electrons. The van der Waals surface area contributed by atoms with Crippen molar-refractivity contribution in [2.45, 2.75) is 13.8 Å². The molecule has 0 aliphatic rings. The van der Waals surface area contributed by atoms with Crippen LogP contribution in [0.25, 0.3) is 0 Å². The molecule has 0 saturated heterocycles. The summed E-state index contributed by atoms with van der Waals surface area (Å²) in [6.45, 7) is 3.37. The number of carbonyl (C=O) groups is 1. The van der Waals surface area contributed by atoms with Crippen molar-refractivity contribution in [3.05, 3.63) is 29.3 Å². The molecule has 0 saturated carbocycles. The molecule has 0 aliphatic heterocycles. The minimum Gasteiger partial charge on any atom is -0.496 e. The molecule has 0 aromatic heterocycles. The summed E-state index contributed by atoms with van der Waals surface area (Å²) in [6, 6.07) is 5.67. The zero-order chi connectivity index (χ0) is 11.3. The van der Waals surface area contributed by atoms with Crippen LogP contribution in [-0.4, -0.2) is 19.2 Å². The van der Waals surface area contributed by atoms with Gasteiger partial charge in [-0.2, -0.15) is 5.10 Å². The van der Waals surface area contributed by atoms with Crippen LogP contribution < -0.4 is 10.2 Å². The van der Waals surface area contributed by atoms with Crippen molar-refractivity contribution in [3.63, 3.8) is 0 Å². The smallest absolute Gasteiger partial charge is 0.236 e. The topological polar surface area (TPSA) is 50.7 Å². The summed E-state index contributed by atoms with van der Waals surface area (Å²) < 4.78 is 5.13. The maximum atomic E-state index is 10.6. The van der Waals surface area contributed by atoms with Crippen LogP contribution in [0.1, 0.15) is 18.1 Å². The van der Waals surface area contributed by atoms with E-state index in [2.05, 4.69) is 10.5 Å². The average molecular weight is 206 g/mol. The Labute approximate surface area is 88.9 Å². The summed E-state index contributed by atoms with van der Waals surface area (Å²) in [5.74, 6) is 0.656. The second-order valence-corrected chi connectivity index (χ2v) is 3.16. The number of benzene rings is 1. The van der Waals surface area contributed by atoms with Gasteiger partial charge in [-0.15, -0.1) is 0 Å². The van der Waals surface area contributed by atoms with Crippen molar-refractivity contribution in [1.29, 1.82) is 0 Å². The number of rotatable bonds is 3. The number of amides is 1. The highest BCUT2D eigenvalue weighted by Crippen LogP contribution is 2.17. The Morgan fingerprint density at radius 3 is 2.80 bits per heavy atom. The van der Waals surface area contributed by atoms with Gasteiger partial charge < -0.3 is 4.74 Å². The standard InChI is InChI=1S/C11H14N2O2/c1-8-6-10(4-5-11(8)15-3)7-12-13-9(2)14/h4-7H,1-3H3,(H,13,14)/b12-7-. The minimum absolute atomic E-state index is 0.184. The number of hydrazone groups is 1. The molecule has 1 N–H and O–H groups in total. The van der Waals surface area contributed by atoms with Crippen molar-refractivity contribution in [3.8, 4) is 5.75 Å². The Morgan fingerprint density at radius 1 is 1.53 bits per heavy atom. The van der Waals surface area contributed by atoms with E-state index in [0.29, 0.717) is 0 Å². The fourth-order valence-electron chi connectivity index (χ4n) is 1.18. The van der Waals surface area contributed by atoms with E-state index in [1.165, 1.54) is 6.92 Å². The molecular formula is C11H14N2O2. The minimum atomic E-state index is -0.184. The maximum absolute atomic E-state index is 10.6. The molecule has 4 nitrogen and oxygen atoms in total. The van der Waals surface area contributed by atoms with Gasteiger partial charge in [0.2, 0.25) is 5.91 Å². The van der Waals surface area contributed by atoms with E-state index in [1.807, 2.05) is 25.1 Å². The Kier molecular flexibility index (Phi) is 3.85. The molecular weight excluding hydrogens is 192 g/mol. The van der Waals surface area contributed by atoms with Gasteiger partial charge in [-0.05, 0) is 36.2 Å². The Morgan fingerprint density at radius 2 is 2.27 bits per heavy atom. The number of methoxy groups -OCH3 is 1. The van der Waals surface area contributed by atoms with Gasteiger partial charge in [0, 0.05) is 6.92 Å². The van der Waals surface area contributed by atoms with Gasteiger partial charge in [-0.3, -0.25) is 4.79 Å². The highest BCUT2D eigenvalue weighted by atomic mass is 16.5. The Hall–Kier alpha value is -1.84. The summed E-state index contributed by atoms with van der Waals surface area (Å²) in [6.07, 6.45) is 1.59. The van der Waals surface area contributed by atoms with Crippen LogP contribution in [0.4, 0.5) is 0 Å². The molecule has 0 radical (unpaired) electrons. The second-order valence-electron chi connectivity index (χ2n) is 3.16. The molecule has 1 rings (SSSR count). The van der Waals surface area contributed by atoms with Gasteiger partial charge in [-0.25, -0.2) is 5.43 Å². The van der Waals surface area contributed by atoms with Gasteiger partial charge in [-0.1, -0.05) is 0 Å². The van der Waals surface area contributed by atoms with Crippen LogP contribution in [0.3, 0.4) is 0 Å². The average Bonchev–Trinajstić information content (AvgIpc) is 2.17. The normalized spacial score (nSPS) is 10.3. The molecule has 0 atom stereocenters. The van der Waals surface area contributed by atoms with E-state index in [0.717, 1.165) is 16.9 Å². The number of nitrogens with zero attached hydrogens (tertiary/aromatic N) is 1. The SMILES string of the molecule is COc1ccc(/C=N\NC(C)=O)cc1C. The van der Waals surface area contributed by atoms with Crippen LogP contribution >= 0.6 is 0 Å². The number of ether oxygens (including phenoxy) is 1. The third-order valence-electron chi connectivity index (χ3n) is 1.85. The van der Waals surface area contributed by atoms with Crippen LogP contribution in [0.5, 0.6) is 5.75 Å². The highest BCUT2D eigenvalue weighted by molar-refractivity contribution is 5.82. The number of carbonyl (C=O) groups excluding carboxylic acids is 1. The molecule has 1 aromatic carbocycles. The van der Waals surface area contributed by atoms with E-state index in [1.54, 1.807) is 13.3 Å². The van der Waals surface area contributed by atoms with Crippen LogP contribution in [0, 0.1) is 6.92 Å². The monoisotopic (exact) mass is 206 g/mol. The van der Waals surface area contributed by atoms with Crippen LogP contribution in [0.2, 0.25) is 0 Å². The van der Waals surface area contributed by atoms with Gasteiger partial charge >= 0.3 is 0 Å². The first-order valence-electron chi connectivity index (χ1n) is 4.58. The highest BCUT2D eigenvalue weighted by Gasteiger charge is 1.97. The van der Waals surface area contributed by atoms with Crippen molar-refractivity contribution in [2.75, 3.05) is 7.11 Å². The zero-order valence-electron chi connectivity index (χ0n) is 9.07. The summed E-state index contributed by atoms with van der Waals surface area (Å²) >= 11 is 0. The largest absolute Gasteiger partial charge is 0.496 e. The van der Waals surface area contributed by atoms with E-state index >= 15 is 0 Å². The lowest BCUT2D eigenvalue weighted by Crippen LogP contribution is -2.12. The molecule has 0 unspecified atom stereocenters. The first-order valence-corrected chi connectivity index (χ1v) is 4.58. The van der Waals surface area contributed by atoms with Gasteiger partial charge in [0.05, 0.1) is 13.3 Å². The predicted molar refractivity (Wildman–Crippen MR) is 59.1 cm³/mol. The quantitative estimate of drug-likeness (QED) is 0.601. The van der Waals surface area contributed by atoms with E-state index < -0.39 is 0 Å². The Balaban J connectivity index is 2.75. The van der Waals surface area contributed by atoms with Crippen molar-refractivity contribution < 1.29 is 9.53 Å². The van der Waals surface area contributed by atoms with Gasteiger partial charge in [0.25, 0.3) is 0 Å². The molecule has 1 amide bonds. The van der Waals surface area contributed by atoms with Crippen molar-refractivity contribution >= 4 is 12.1 Å². The lowest BCUT2D eigenvalue weighted by Gasteiger charge is -2.04. The van der Waals surface area contributed by atoms with Crippen LogP contribution in [0.15, 0.2) is 23.3 Å². The first-order chi connectivity index (χ1) is 7.13. The fourth-order valence-corrected chi connectivity index (χ4v) is 1.18. The molecule has 0 heterocycles. The van der Waals surface area contributed by atoms with Crippen molar-refractivity contribution in [1.82, 2.24) is 5.43 Å². The fraction of sp³-hybridized carbons (Fsp3) is 0.273. The van der Waals surface area contributed by atoms with Crippen LogP contribution in [-0.2, 0) is 4.79 Å². The summed E-state index contributed by atoms with van der Waals surface area (Å²) in [5, 5.41) is 3.77. The van der Waals surface area contributed by atoms with E-state index in [9.17, 15) is 4.79 Å². The molecule has 0 spiro atoms. The lowest BCUT2D eigenvalue weighted by molar-refractivity contribution is -0.118. The van der Waals surface area contributed by atoms with Crippen molar-refractivity contribution in [2.24, 2.45) is 5.10 Å². The first kappa shape index (κ1) is 11.2.